The summed E-state index contributed by atoms with van der Waals surface area (Å²) < 4.78 is 1.72. The monoisotopic (exact) mass is 207 g/mol. The summed E-state index contributed by atoms with van der Waals surface area (Å²) in [6, 6.07) is 1.45. The lowest BCUT2D eigenvalue weighted by Gasteiger charge is -2.07. The van der Waals surface area contributed by atoms with E-state index in [4.69, 9.17) is 5.73 Å². The van der Waals surface area contributed by atoms with Gasteiger partial charge in [-0.25, -0.2) is 0 Å². The highest BCUT2D eigenvalue weighted by Crippen LogP contribution is 2.05. The van der Waals surface area contributed by atoms with Crippen molar-refractivity contribution >= 4 is 5.78 Å². The van der Waals surface area contributed by atoms with Gasteiger partial charge in [0.05, 0.1) is 18.2 Å². The van der Waals surface area contributed by atoms with Gasteiger partial charge < -0.3 is 5.73 Å². The predicted octanol–water partition coefficient (Wildman–Crippen LogP) is 0.744. The van der Waals surface area contributed by atoms with Crippen molar-refractivity contribution in [1.82, 2.24) is 9.78 Å². The number of rotatable bonds is 5. The number of carbonyl (C=O) groups excluding carboxylic acids is 1. The first-order valence-corrected chi connectivity index (χ1v) is 4.93. The molecule has 2 N–H and O–H groups in total. The molecule has 0 aromatic carbocycles. The molecule has 0 aliphatic carbocycles. The Morgan fingerprint density at radius 3 is 2.93 bits per heavy atom. The van der Waals surface area contributed by atoms with Gasteiger partial charge in [-0.15, -0.1) is 6.58 Å². The molecule has 0 aliphatic rings. The van der Waals surface area contributed by atoms with Gasteiger partial charge in [0.2, 0.25) is 0 Å². The fourth-order valence-electron chi connectivity index (χ4n) is 1.45. The van der Waals surface area contributed by atoms with E-state index in [1.165, 1.54) is 0 Å². The van der Waals surface area contributed by atoms with Gasteiger partial charge >= 0.3 is 0 Å². The van der Waals surface area contributed by atoms with Gasteiger partial charge in [0.1, 0.15) is 0 Å². The number of hydrogen-bond donors (Lipinski definition) is 1. The van der Waals surface area contributed by atoms with Crippen LogP contribution in [-0.4, -0.2) is 21.6 Å². The van der Waals surface area contributed by atoms with Gasteiger partial charge in [-0.3, -0.25) is 9.48 Å². The van der Waals surface area contributed by atoms with Crippen LogP contribution in [0.15, 0.2) is 18.7 Å². The van der Waals surface area contributed by atoms with Crippen LogP contribution in [0.4, 0.5) is 0 Å². The van der Waals surface area contributed by atoms with E-state index >= 15 is 0 Å². The third-order valence-electron chi connectivity index (χ3n) is 2.29. The molecule has 4 nitrogen and oxygen atoms in total. The minimum absolute atomic E-state index is 0.0258. The van der Waals surface area contributed by atoms with Crippen LogP contribution >= 0.6 is 0 Å². The standard InChI is InChI=1S/C11H17N3O/c1-4-5-10(12)11(15)7-9-6-8(2)13-14(9)3/h4,6,10H,1,5,7,12H2,2-3H3. The minimum Gasteiger partial charge on any atom is -0.321 e. The van der Waals surface area contributed by atoms with Crippen molar-refractivity contribution in [2.24, 2.45) is 12.8 Å². The van der Waals surface area contributed by atoms with Crippen LogP contribution in [0.25, 0.3) is 0 Å². The third kappa shape index (κ3) is 3.02. The highest BCUT2D eigenvalue weighted by atomic mass is 16.1. The van der Waals surface area contributed by atoms with Crippen molar-refractivity contribution in [3.05, 3.63) is 30.1 Å². The Kier molecular flexibility index (Phi) is 3.80. The summed E-state index contributed by atoms with van der Waals surface area (Å²) in [6.45, 7) is 5.46. The molecule has 1 aromatic heterocycles. The van der Waals surface area contributed by atoms with E-state index in [1.807, 2.05) is 20.0 Å². The molecule has 15 heavy (non-hydrogen) atoms. The molecule has 82 valence electrons. The number of Topliss-reactive ketones (excluding diaryl/α,β-unsaturated/α-hetero) is 1. The number of nitrogens with zero attached hydrogens (tertiary/aromatic N) is 2. The second kappa shape index (κ2) is 4.89. The average molecular weight is 207 g/mol. The van der Waals surface area contributed by atoms with E-state index in [2.05, 4.69) is 11.7 Å². The van der Waals surface area contributed by atoms with E-state index in [-0.39, 0.29) is 5.78 Å². The molecule has 1 rings (SSSR count). The lowest BCUT2D eigenvalue weighted by molar-refractivity contribution is -0.119. The summed E-state index contributed by atoms with van der Waals surface area (Å²) in [5, 5.41) is 4.17. The zero-order valence-electron chi connectivity index (χ0n) is 9.23. The second-order valence-electron chi connectivity index (χ2n) is 3.67. The largest absolute Gasteiger partial charge is 0.321 e. The molecule has 0 fully saturated rings. The van der Waals surface area contributed by atoms with E-state index in [9.17, 15) is 4.79 Å². The molecule has 0 amide bonds. The van der Waals surface area contributed by atoms with E-state index < -0.39 is 6.04 Å². The molecule has 0 saturated carbocycles. The quantitative estimate of drug-likeness (QED) is 0.724. The molecule has 0 aliphatic heterocycles. The Morgan fingerprint density at radius 1 is 1.80 bits per heavy atom. The Balaban J connectivity index is 2.65. The number of aryl methyl sites for hydroxylation is 2. The van der Waals surface area contributed by atoms with Crippen molar-refractivity contribution in [3.63, 3.8) is 0 Å². The normalized spacial score (nSPS) is 12.5. The summed E-state index contributed by atoms with van der Waals surface area (Å²) >= 11 is 0. The van der Waals surface area contributed by atoms with Crippen LogP contribution in [0.2, 0.25) is 0 Å². The fraction of sp³-hybridized carbons (Fsp3) is 0.455. The SMILES string of the molecule is C=CCC(N)C(=O)Cc1cc(C)nn1C. The Morgan fingerprint density at radius 2 is 2.47 bits per heavy atom. The third-order valence-corrected chi connectivity index (χ3v) is 2.29. The first kappa shape index (κ1) is 11.7. The summed E-state index contributed by atoms with van der Waals surface area (Å²) in [5.41, 5.74) is 7.50. The highest BCUT2D eigenvalue weighted by Gasteiger charge is 2.14. The molecule has 1 unspecified atom stereocenters. The van der Waals surface area contributed by atoms with Crippen molar-refractivity contribution < 1.29 is 4.79 Å². The summed E-state index contributed by atoms with van der Waals surface area (Å²) in [4.78, 5) is 11.6. The van der Waals surface area contributed by atoms with Gasteiger partial charge in [0.15, 0.2) is 5.78 Å². The maximum absolute atomic E-state index is 11.6. The zero-order chi connectivity index (χ0) is 11.4. The first-order valence-electron chi connectivity index (χ1n) is 4.93. The Hall–Kier alpha value is -1.42. The van der Waals surface area contributed by atoms with Gasteiger partial charge in [-0.1, -0.05) is 6.08 Å². The van der Waals surface area contributed by atoms with E-state index in [0.717, 1.165) is 11.4 Å². The maximum atomic E-state index is 11.6. The molecular formula is C11H17N3O. The molecule has 1 aromatic rings. The molecule has 0 spiro atoms. The molecule has 0 saturated heterocycles. The van der Waals surface area contributed by atoms with Crippen LogP contribution in [-0.2, 0) is 18.3 Å². The number of aromatic nitrogens is 2. The van der Waals surface area contributed by atoms with Gasteiger partial charge in [-0.2, -0.15) is 5.10 Å². The van der Waals surface area contributed by atoms with Crippen LogP contribution in [0.3, 0.4) is 0 Å². The number of carbonyl (C=O) groups is 1. The van der Waals surface area contributed by atoms with E-state index in [1.54, 1.807) is 10.8 Å². The van der Waals surface area contributed by atoms with Gasteiger partial charge in [0.25, 0.3) is 0 Å². The van der Waals surface area contributed by atoms with Crippen LogP contribution < -0.4 is 5.73 Å². The van der Waals surface area contributed by atoms with Gasteiger partial charge in [-0.05, 0) is 19.4 Å². The fourth-order valence-corrected chi connectivity index (χ4v) is 1.45. The maximum Gasteiger partial charge on any atom is 0.155 e. The van der Waals surface area contributed by atoms with Crippen molar-refractivity contribution in [3.8, 4) is 0 Å². The van der Waals surface area contributed by atoms with Crippen molar-refractivity contribution in [2.45, 2.75) is 25.8 Å². The Labute approximate surface area is 89.8 Å². The average Bonchev–Trinajstić information content (AvgIpc) is 2.45. The second-order valence-corrected chi connectivity index (χ2v) is 3.67. The van der Waals surface area contributed by atoms with Crippen LogP contribution in [0.5, 0.6) is 0 Å². The van der Waals surface area contributed by atoms with Crippen molar-refractivity contribution in [1.29, 1.82) is 0 Å². The molecular weight excluding hydrogens is 190 g/mol. The molecule has 1 atom stereocenters. The van der Waals surface area contributed by atoms with Crippen LogP contribution in [0, 0.1) is 6.92 Å². The topological polar surface area (TPSA) is 60.9 Å². The molecule has 4 heteroatoms. The summed E-state index contributed by atoms with van der Waals surface area (Å²) in [7, 11) is 1.83. The zero-order valence-corrected chi connectivity index (χ0v) is 9.23. The van der Waals surface area contributed by atoms with Crippen molar-refractivity contribution in [2.75, 3.05) is 0 Å². The summed E-state index contributed by atoms with van der Waals surface area (Å²) in [5.74, 6) is 0.0258. The first-order chi connectivity index (χ1) is 7.04. The van der Waals surface area contributed by atoms with Gasteiger partial charge in [0, 0.05) is 12.7 Å². The summed E-state index contributed by atoms with van der Waals surface area (Å²) in [6.07, 6.45) is 2.53. The highest BCUT2D eigenvalue weighted by molar-refractivity contribution is 5.85. The van der Waals surface area contributed by atoms with E-state index in [0.29, 0.717) is 12.8 Å². The van der Waals surface area contributed by atoms with Crippen LogP contribution in [0.1, 0.15) is 17.8 Å². The minimum atomic E-state index is -0.447. The Bertz CT molecular complexity index is 368. The molecule has 1 heterocycles. The number of hydrogen-bond acceptors (Lipinski definition) is 3. The predicted molar refractivity (Wildman–Crippen MR) is 59.4 cm³/mol. The molecule has 0 radical (unpaired) electrons. The lowest BCUT2D eigenvalue weighted by Crippen LogP contribution is -2.31. The molecule has 0 bridgehead atoms. The number of ketones is 1. The lowest BCUT2D eigenvalue weighted by atomic mass is 10.1. The number of nitrogens with two attached hydrogens (primary N) is 1. The smallest absolute Gasteiger partial charge is 0.155 e.